The van der Waals surface area contributed by atoms with Gasteiger partial charge in [0.2, 0.25) is 5.91 Å². The molecule has 0 aromatic carbocycles. The number of hydrogen-bond donors (Lipinski definition) is 1. The fraction of sp³-hybridized carbons (Fsp3) is 0.800. The first-order valence-electron chi connectivity index (χ1n) is 2.72. The molecule has 0 atom stereocenters. The van der Waals surface area contributed by atoms with Gasteiger partial charge >= 0.3 is 0 Å². The first-order chi connectivity index (χ1) is 3.81. The van der Waals surface area contributed by atoms with Crippen molar-refractivity contribution in [2.45, 2.75) is 13.3 Å². The molecule has 0 aliphatic heterocycles. The lowest BCUT2D eigenvalue weighted by Gasteiger charge is -1.94. The van der Waals surface area contributed by atoms with Gasteiger partial charge in [-0.2, -0.15) is 0 Å². The maximum absolute atomic E-state index is 10.4. The Morgan fingerprint density at radius 1 is 1.75 bits per heavy atom. The van der Waals surface area contributed by atoms with Gasteiger partial charge in [0.15, 0.2) is 6.61 Å². The molecule has 8 heavy (non-hydrogen) atoms. The van der Waals surface area contributed by atoms with Crippen molar-refractivity contribution in [2.75, 3.05) is 13.2 Å². The average molecular weight is 118 g/mol. The summed E-state index contributed by atoms with van der Waals surface area (Å²) in [6.07, 6.45) is 0.327. The van der Waals surface area contributed by atoms with Crippen LogP contribution in [0.3, 0.4) is 0 Å². The van der Waals surface area contributed by atoms with Gasteiger partial charge < -0.3 is 10.4 Å². The van der Waals surface area contributed by atoms with Crippen LogP contribution in [0.2, 0.25) is 0 Å². The third-order valence-corrected chi connectivity index (χ3v) is 0.726. The van der Waals surface area contributed by atoms with E-state index in [4.69, 9.17) is 5.11 Å². The number of hydrogen-bond acceptors (Lipinski definition) is 1. The maximum Gasteiger partial charge on any atom is 0.227 e. The van der Waals surface area contributed by atoms with Crippen molar-refractivity contribution in [3.63, 3.8) is 0 Å². The third kappa shape index (κ3) is 3.61. The van der Waals surface area contributed by atoms with E-state index in [-0.39, 0.29) is 12.5 Å². The van der Waals surface area contributed by atoms with Crippen LogP contribution >= 0.6 is 0 Å². The quantitative estimate of drug-likeness (QED) is 0.486. The van der Waals surface area contributed by atoms with Crippen molar-refractivity contribution in [3.05, 3.63) is 0 Å². The van der Waals surface area contributed by atoms with Crippen LogP contribution in [0, 0.1) is 0 Å². The Hall–Kier alpha value is -0.570. The minimum absolute atomic E-state index is 0.0255. The highest BCUT2D eigenvalue weighted by Gasteiger charge is 1.96. The zero-order valence-electron chi connectivity index (χ0n) is 5.03. The number of rotatable bonds is 3. The first kappa shape index (κ1) is 7.43. The van der Waals surface area contributed by atoms with Crippen LogP contribution in [-0.4, -0.2) is 24.2 Å². The van der Waals surface area contributed by atoms with Crippen LogP contribution in [0.25, 0.3) is 0 Å². The minimum atomic E-state index is -0.0255. The predicted molar refractivity (Wildman–Crippen MR) is 31.8 cm³/mol. The van der Waals surface area contributed by atoms with E-state index in [9.17, 15) is 4.79 Å². The van der Waals surface area contributed by atoms with E-state index in [2.05, 4.69) is 5.32 Å². The molecule has 3 nitrogen and oxygen atoms in total. The molecule has 0 aromatic heterocycles. The highest BCUT2D eigenvalue weighted by atomic mass is 16.3. The van der Waals surface area contributed by atoms with Gasteiger partial charge in [0.05, 0.1) is 6.42 Å². The van der Waals surface area contributed by atoms with Crippen molar-refractivity contribution in [1.29, 1.82) is 0 Å². The Morgan fingerprint density at radius 2 is 2.38 bits per heavy atom. The van der Waals surface area contributed by atoms with Gasteiger partial charge in [-0.15, -0.1) is 0 Å². The summed E-state index contributed by atoms with van der Waals surface area (Å²) in [6, 6.07) is 0. The zero-order valence-corrected chi connectivity index (χ0v) is 5.03. The Kier molecular flexibility index (Phi) is 4.26. The lowest BCUT2D eigenvalue weighted by molar-refractivity contribution is -0.121. The van der Waals surface area contributed by atoms with E-state index >= 15 is 0 Å². The van der Waals surface area contributed by atoms with Crippen LogP contribution in [0.4, 0.5) is 0 Å². The van der Waals surface area contributed by atoms with Gasteiger partial charge in [0.1, 0.15) is 0 Å². The topological polar surface area (TPSA) is 52.0 Å². The Bertz CT molecular complexity index is 64.8. The first-order valence-corrected chi connectivity index (χ1v) is 2.72. The van der Waals surface area contributed by atoms with Gasteiger partial charge in [-0.1, -0.05) is 0 Å². The van der Waals surface area contributed by atoms with Crippen LogP contribution in [0.1, 0.15) is 13.3 Å². The molecule has 0 aliphatic rings. The van der Waals surface area contributed by atoms with Gasteiger partial charge in [0.25, 0.3) is 0 Å². The molecule has 0 aliphatic carbocycles. The third-order valence-electron chi connectivity index (χ3n) is 0.726. The monoisotopic (exact) mass is 118 g/mol. The van der Waals surface area contributed by atoms with Crippen molar-refractivity contribution >= 4 is 5.91 Å². The molecule has 0 saturated heterocycles. The summed E-state index contributed by atoms with van der Waals surface area (Å²) in [6.45, 7) is 2.71. The minimum Gasteiger partial charge on any atom is -0.445 e. The molecule has 3 heteroatoms. The molecule has 48 valence electrons. The van der Waals surface area contributed by atoms with Gasteiger partial charge in [-0.3, -0.25) is 4.79 Å². The summed E-state index contributed by atoms with van der Waals surface area (Å²) >= 11 is 0. The van der Waals surface area contributed by atoms with Crippen LogP contribution < -0.4 is 5.32 Å². The molecular formula is C5H12NO2+. The summed E-state index contributed by atoms with van der Waals surface area (Å²) in [5.41, 5.74) is 0. The van der Waals surface area contributed by atoms with E-state index in [1.807, 2.05) is 6.92 Å². The van der Waals surface area contributed by atoms with Crippen LogP contribution in [0.15, 0.2) is 0 Å². The highest BCUT2D eigenvalue weighted by Crippen LogP contribution is 1.73. The number of carbonyl (C=O) groups excluding carboxylic acids is 1. The molecule has 1 amide bonds. The molecule has 0 aromatic rings. The Balaban J connectivity index is 3.06. The predicted octanol–water partition coefficient (Wildman–Crippen LogP) is -0.763. The summed E-state index contributed by atoms with van der Waals surface area (Å²) in [4.78, 5) is 10.4. The lowest BCUT2D eigenvalue weighted by Crippen LogP contribution is -2.23. The normalized spacial score (nSPS) is 8.75. The molecule has 0 fully saturated rings. The van der Waals surface area contributed by atoms with Gasteiger partial charge in [-0.05, 0) is 6.92 Å². The summed E-state index contributed by atoms with van der Waals surface area (Å²) < 4.78 is 0. The number of carbonyl (C=O) groups is 1. The van der Waals surface area contributed by atoms with Crippen molar-refractivity contribution in [1.82, 2.24) is 5.32 Å². The Morgan fingerprint density at radius 3 is 2.75 bits per heavy atom. The van der Waals surface area contributed by atoms with Crippen LogP contribution in [0.5, 0.6) is 0 Å². The highest BCUT2D eigenvalue weighted by molar-refractivity contribution is 5.75. The largest absolute Gasteiger partial charge is 0.445 e. The smallest absolute Gasteiger partial charge is 0.227 e. The summed E-state index contributed by atoms with van der Waals surface area (Å²) in [5.74, 6) is -0.0255. The summed E-state index contributed by atoms with van der Waals surface area (Å²) in [7, 11) is 0. The molecule has 0 spiro atoms. The number of nitrogens with one attached hydrogen (secondary N) is 1. The van der Waals surface area contributed by atoms with E-state index in [0.29, 0.717) is 13.0 Å². The Labute approximate surface area is 48.7 Å². The second-order valence-electron chi connectivity index (χ2n) is 1.45. The van der Waals surface area contributed by atoms with E-state index in [1.54, 1.807) is 0 Å². The summed E-state index contributed by atoms with van der Waals surface area (Å²) in [5, 5.41) is 9.24. The van der Waals surface area contributed by atoms with Gasteiger partial charge in [0, 0.05) is 6.54 Å². The standard InChI is InChI=1S/C5H11NO2/c1-2-6-5(8)3-4-7/h7H,2-4H2,1H3,(H,6,8)/p+1. The van der Waals surface area contributed by atoms with Gasteiger partial charge in [-0.25, -0.2) is 0 Å². The molecular weight excluding hydrogens is 106 g/mol. The molecule has 0 rings (SSSR count). The van der Waals surface area contributed by atoms with E-state index in [0.717, 1.165) is 0 Å². The average Bonchev–Trinajstić information content (AvgIpc) is 1.68. The number of amides is 1. The van der Waals surface area contributed by atoms with Crippen molar-refractivity contribution in [2.24, 2.45) is 0 Å². The second kappa shape index (κ2) is 4.59. The van der Waals surface area contributed by atoms with E-state index in [1.165, 1.54) is 0 Å². The fourth-order valence-corrected chi connectivity index (χ4v) is 0.399. The molecule has 0 radical (unpaired) electrons. The fourth-order valence-electron chi connectivity index (χ4n) is 0.399. The molecule has 0 heterocycles. The SMILES string of the molecule is CCNC(=O)CC[OH2+]. The molecule has 0 saturated carbocycles. The van der Waals surface area contributed by atoms with Crippen molar-refractivity contribution in [3.8, 4) is 0 Å². The molecule has 0 unspecified atom stereocenters. The maximum atomic E-state index is 10.4. The van der Waals surface area contributed by atoms with Crippen LogP contribution in [-0.2, 0) is 4.79 Å². The molecule has 3 N–H and O–H groups in total. The second-order valence-corrected chi connectivity index (χ2v) is 1.45. The van der Waals surface area contributed by atoms with E-state index < -0.39 is 0 Å². The van der Waals surface area contributed by atoms with Crippen molar-refractivity contribution < 1.29 is 9.90 Å². The lowest BCUT2D eigenvalue weighted by atomic mass is 10.4. The zero-order chi connectivity index (χ0) is 6.41. The molecule has 0 bridgehead atoms.